The first kappa shape index (κ1) is 68.8. The third kappa shape index (κ3) is 16.1. The van der Waals surface area contributed by atoms with E-state index in [0.29, 0.717) is 0 Å². The maximum Gasteiger partial charge on any atom is 0.217 e. The van der Waals surface area contributed by atoms with Gasteiger partial charge in [-0.3, -0.25) is 19.2 Å². The van der Waals surface area contributed by atoms with Crippen molar-refractivity contribution in [3.63, 3.8) is 0 Å². The molecule has 0 unspecified atom stereocenters. The molecule has 6 saturated heterocycles. The van der Waals surface area contributed by atoms with Gasteiger partial charge in [0.1, 0.15) is 146 Å². The Morgan fingerprint density at radius 2 is 0.759 bits per heavy atom. The van der Waals surface area contributed by atoms with E-state index in [-0.39, 0.29) is 6.41 Å². The fourth-order valence-corrected chi connectivity index (χ4v) is 10.2. The zero-order chi connectivity index (χ0) is 61.3. The lowest BCUT2D eigenvalue weighted by Gasteiger charge is -2.50. The lowest BCUT2D eigenvalue weighted by molar-refractivity contribution is -0.386. The molecular formula is C46H78N4O33. The van der Waals surface area contributed by atoms with Crippen molar-refractivity contribution in [1.82, 2.24) is 21.3 Å². The Bertz CT molecular complexity index is 2050. The van der Waals surface area contributed by atoms with Crippen molar-refractivity contribution in [2.24, 2.45) is 0 Å². The molecule has 0 aliphatic carbocycles. The number of aliphatic hydroxyl groups excluding tert-OH is 17. The molecule has 0 aromatic carbocycles. The normalized spacial score (nSPS) is 45.4. The minimum absolute atomic E-state index is 0.271. The smallest absolute Gasteiger partial charge is 0.217 e. The van der Waals surface area contributed by atoms with E-state index in [2.05, 4.69) is 21.3 Å². The summed E-state index contributed by atoms with van der Waals surface area (Å²) in [6.45, 7) is -3.76. The average molecular weight is 1220 g/mol. The van der Waals surface area contributed by atoms with Gasteiger partial charge in [-0.2, -0.15) is 0 Å². The van der Waals surface area contributed by atoms with Gasteiger partial charge in [-0.05, 0) is 0 Å². The molecule has 0 bridgehead atoms. The summed E-state index contributed by atoms with van der Waals surface area (Å²) in [6.07, 6.45) is -51.4. The Morgan fingerprint density at radius 1 is 0.398 bits per heavy atom. The van der Waals surface area contributed by atoms with Gasteiger partial charge in [-0.1, -0.05) is 0 Å². The molecule has 6 aliphatic heterocycles. The number of aliphatic hydroxyl groups is 17. The van der Waals surface area contributed by atoms with Crippen LogP contribution < -0.4 is 21.3 Å². The van der Waals surface area contributed by atoms with Crippen molar-refractivity contribution < 1.29 is 163 Å². The van der Waals surface area contributed by atoms with Crippen LogP contribution in [0.1, 0.15) is 20.8 Å². The first-order valence-electron chi connectivity index (χ1n) is 26.3. The fourth-order valence-electron chi connectivity index (χ4n) is 10.2. The lowest BCUT2D eigenvalue weighted by atomic mass is 9.94. The average Bonchev–Trinajstić information content (AvgIpc) is 2.95. The zero-order valence-electron chi connectivity index (χ0n) is 44.8. The van der Waals surface area contributed by atoms with Crippen LogP contribution >= 0.6 is 0 Å². The van der Waals surface area contributed by atoms with E-state index in [1.54, 1.807) is 0 Å². The van der Waals surface area contributed by atoms with Crippen LogP contribution in [-0.2, 0) is 76.0 Å². The molecular weight excluding hydrogens is 1140 g/mol. The Labute approximate surface area is 471 Å². The predicted molar refractivity (Wildman–Crippen MR) is 258 cm³/mol. The van der Waals surface area contributed by atoms with Crippen LogP contribution in [0.2, 0.25) is 0 Å². The zero-order valence-corrected chi connectivity index (χ0v) is 44.8. The standard InChI is InChI=1S/C46H78N4O33/c1-13(58)48-23-30(65)26(61)17(5-52)74-41(23)73-11-22-29(64)40(83-42-24(49-14(2)59)31(66)27(62)18(6-53)75-42)36(71)46(79-22)80-37-20(8-55)77-43(25(32(37)67)50-15(3)60)82-39-28(63)19(7-54)76-45(35(39)70)81-38-21(9-56)78-44(34(69)33(38)68)72-10-16(4-51)47-12-57/h12,16-46,51-56,61-71H,4-11H2,1-3H3,(H,47,57)(H,48,58)(H,49,59)(H,50,60)/t16-,17-,18-,19-,20-,21-,22-,23-,24-,25-,26-,27-,28+,29+,30-,31-,32-,33-,34-,35-,36-,37-,38-,39+,40+,41-,42-,43+,44-,45+,46+/m1/s1. The van der Waals surface area contributed by atoms with Crippen molar-refractivity contribution in [3.8, 4) is 0 Å². The molecule has 37 heteroatoms. The number of carbonyl (C=O) groups excluding carboxylic acids is 4. The monoisotopic (exact) mass is 1210 g/mol. The molecule has 6 aliphatic rings. The molecule has 4 amide bonds. The highest BCUT2D eigenvalue weighted by molar-refractivity contribution is 5.74. The van der Waals surface area contributed by atoms with Crippen LogP contribution in [0.25, 0.3) is 0 Å². The van der Waals surface area contributed by atoms with Gasteiger partial charge >= 0.3 is 0 Å². The number of nitrogens with one attached hydrogen (secondary N) is 4. The molecule has 6 heterocycles. The van der Waals surface area contributed by atoms with Gasteiger partial charge in [-0.25, -0.2) is 0 Å². The number of amides is 4. The van der Waals surface area contributed by atoms with E-state index in [4.69, 9.17) is 56.8 Å². The molecule has 480 valence electrons. The summed E-state index contributed by atoms with van der Waals surface area (Å²) >= 11 is 0. The van der Waals surface area contributed by atoms with Gasteiger partial charge in [-0.15, -0.1) is 0 Å². The second-order valence-corrected chi connectivity index (χ2v) is 20.5. The third-order valence-electron chi connectivity index (χ3n) is 14.6. The maximum absolute atomic E-state index is 12.8. The number of carbonyl (C=O) groups is 4. The van der Waals surface area contributed by atoms with Crippen molar-refractivity contribution in [3.05, 3.63) is 0 Å². The highest BCUT2D eigenvalue weighted by Gasteiger charge is 2.58. The molecule has 6 rings (SSSR count). The second kappa shape index (κ2) is 31.1. The quantitative estimate of drug-likeness (QED) is 0.0377. The van der Waals surface area contributed by atoms with Crippen LogP contribution in [0.4, 0.5) is 0 Å². The molecule has 0 radical (unpaired) electrons. The Morgan fingerprint density at radius 3 is 1.20 bits per heavy atom. The summed E-state index contributed by atoms with van der Waals surface area (Å²) in [6, 6.07) is -6.07. The minimum Gasteiger partial charge on any atom is -0.394 e. The largest absolute Gasteiger partial charge is 0.394 e. The third-order valence-corrected chi connectivity index (χ3v) is 14.6. The van der Waals surface area contributed by atoms with E-state index < -0.39 is 261 Å². The second-order valence-electron chi connectivity index (χ2n) is 20.5. The molecule has 0 aromatic heterocycles. The molecule has 0 aromatic rings. The molecule has 21 N–H and O–H groups in total. The van der Waals surface area contributed by atoms with Gasteiger partial charge in [0.25, 0.3) is 0 Å². The SMILES string of the molecule is CC(=O)N[C@H]1[C@H](O[C@H]2[C@@H](O)[C@@H](CO)O[C@@H](O[C@H]3[C@H](O)[C@@H](O)[C@H](OC[C@@H](CO)NC=O)O[C@@H]3CO)[C@@H]2O)O[C@H](CO)[C@@H](O[C@@H]2O[C@H](CO[C@@H]3O[C@H](CO)[C@@H](O)[C@H](O)[C@H]3NC(C)=O)[C@H](O)[C@H](O[C@H]3O[C@H](CO)[C@@H](O)[C@H](O)[C@H]3NC(C)=O)[C@H]2O)[C@@H]1O. The number of ether oxygens (including phenoxy) is 12. The summed E-state index contributed by atoms with van der Waals surface area (Å²) in [5.41, 5.74) is 0. The van der Waals surface area contributed by atoms with Gasteiger partial charge in [0.15, 0.2) is 37.7 Å². The Hall–Kier alpha value is -3.28. The Balaban J connectivity index is 1.26. The topological polar surface area (TPSA) is 571 Å². The van der Waals surface area contributed by atoms with E-state index in [9.17, 15) is 106 Å². The molecule has 31 atom stereocenters. The molecule has 37 nitrogen and oxygen atoms in total. The molecule has 83 heavy (non-hydrogen) atoms. The van der Waals surface area contributed by atoms with Crippen LogP contribution in [0.5, 0.6) is 0 Å². The van der Waals surface area contributed by atoms with Gasteiger partial charge in [0, 0.05) is 20.8 Å². The van der Waals surface area contributed by atoms with Crippen molar-refractivity contribution in [2.75, 3.05) is 52.9 Å². The molecule has 0 saturated carbocycles. The van der Waals surface area contributed by atoms with Gasteiger partial charge in [0.2, 0.25) is 24.1 Å². The Kier molecular flexibility index (Phi) is 25.8. The number of hydrogen-bond acceptors (Lipinski definition) is 33. The van der Waals surface area contributed by atoms with E-state index >= 15 is 0 Å². The van der Waals surface area contributed by atoms with Crippen molar-refractivity contribution in [1.29, 1.82) is 0 Å². The first-order valence-corrected chi connectivity index (χ1v) is 26.3. The fraction of sp³-hybridized carbons (Fsp3) is 0.913. The summed E-state index contributed by atoms with van der Waals surface area (Å²) in [5.74, 6) is -2.44. The highest BCUT2D eigenvalue weighted by Crippen LogP contribution is 2.37. The lowest BCUT2D eigenvalue weighted by Crippen LogP contribution is -2.70. The van der Waals surface area contributed by atoms with Crippen LogP contribution in [-0.4, -0.2) is 354 Å². The molecule has 0 spiro atoms. The van der Waals surface area contributed by atoms with Crippen LogP contribution in [0.15, 0.2) is 0 Å². The van der Waals surface area contributed by atoms with Crippen molar-refractivity contribution in [2.45, 2.75) is 211 Å². The summed E-state index contributed by atoms with van der Waals surface area (Å²) in [5, 5.41) is 194. The predicted octanol–water partition coefficient (Wildman–Crippen LogP) is -14.5. The maximum atomic E-state index is 12.8. The van der Waals surface area contributed by atoms with Crippen LogP contribution in [0, 0.1) is 0 Å². The van der Waals surface area contributed by atoms with E-state index in [0.717, 1.165) is 20.8 Å². The van der Waals surface area contributed by atoms with Crippen LogP contribution in [0.3, 0.4) is 0 Å². The summed E-state index contributed by atoms with van der Waals surface area (Å²) in [4.78, 5) is 48.2. The minimum atomic E-state index is -2.28. The summed E-state index contributed by atoms with van der Waals surface area (Å²) < 4.78 is 69.6. The number of rotatable bonds is 25. The highest BCUT2D eigenvalue weighted by atomic mass is 16.8. The first-order chi connectivity index (χ1) is 39.4. The van der Waals surface area contributed by atoms with E-state index in [1.165, 1.54) is 0 Å². The van der Waals surface area contributed by atoms with E-state index in [1.807, 2.05) is 0 Å². The van der Waals surface area contributed by atoms with Gasteiger partial charge < -0.3 is 165 Å². The summed E-state index contributed by atoms with van der Waals surface area (Å²) in [7, 11) is 0. The number of hydrogen-bond donors (Lipinski definition) is 21. The van der Waals surface area contributed by atoms with Crippen molar-refractivity contribution >= 4 is 24.1 Å². The molecule has 6 fully saturated rings. The van der Waals surface area contributed by atoms with Gasteiger partial charge in [0.05, 0.1) is 58.9 Å².